The summed E-state index contributed by atoms with van der Waals surface area (Å²) in [4.78, 5) is 2.59. The van der Waals surface area contributed by atoms with Crippen molar-refractivity contribution in [2.45, 2.75) is 9.79 Å². The number of nitrogens with one attached hydrogen (secondary N) is 1. The maximum atomic E-state index is 3.42. The Morgan fingerprint density at radius 3 is 1.73 bits per heavy atom. The number of hydrogen-bond donors (Lipinski definition) is 1. The minimum absolute atomic E-state index is 0. The van der Waals surface area contributed by atoms with Crippen LogP contribution in [0.1, 0.15) is 0 Å². The Balaban J connectivity index is 0.000000853. The number of anilines is 2. The number of fused-ring (bicyclic) bond motifs is 2. The average molecular weight is 238 g/mol. The fraction of sp³-hybridized carbons (Fsp3) is 0. The first-order valence-corrected chi connectivity index (χ1v) is 5.38. The molecule has 0 bridgehead atoms. The number of para-hydroxylation sites is 2. The second-order valence-corrected chi connectivity index (χ2v) is 4.30. The molecular weight excluding hydrogens is 229 g/mol. The summed E-state index contributed by atoms with van der Waals surface area (Å²) in [5.41, 5.74) is 2.41. The van der Waals surface area contributed by atoms with Crippen LogP contribution in [0.15, 0.2) is 58.3 Å². The molecule has 2 aromatic rings. The van der Waals surface area contributed by atoms with Crippen molar-refractivity contribution in [3.05, 3.63) is 48.5 Å². The van der Waals surface area contributed by atoms with Crippen LogP contribution in [-0.2, 0) is 0 Å². The molecule has 15 heavy (non-hydrogen) atoms. The van der Waals surface area contributed by atoms with Crippen molar-refractivity contribution in [3.8, 4) is 0 Å². The summed E-state index contributed by atoms with van der Waals surface area (Å²) < 4.78 is 0. The molecule has 0 atom stereocenters. The van der Waals surface area contributed by atoms with Crippen LogP contribution in [-0.4, -0.2) is 51.4 Å². The van der Waals surface area contributed by atoms with Crippen molar-refractivity contribution < 1.29 is 0 Å². The van der Waals surface area contributed by atoms with Crippen LogP contribution in [0.5, 0.6) is 0 Å². The van der Waals surface area contributed by atoms with Crippen molar-refractivity contribution in [1.82, 2.24) is 0 Å². The molecule has 2 aromatic carbocycles. The predicted octanol–water partition coefficient (Wildman–Crippen LogP) is 3.51. The smallest absolute Gasteiger partial charge is 0.0526 e. The quantitative estimate of drug-likeness (QED) is 0.601. The zero-order valence-electron chi connectivity index (χ0n) is 8.53. The summed E-state index contributed by atoms with van der Waals surface area (Å²) in [5, 5.41) is 3.42. The molecular formula is C12H9KNS. The molecule has 1 N–H and O–H groups in total. The minimum atomic E-state index is 0. The summed E-state index contributed by atoms with van der Waals surface area (Å²) >= 11 is 1.82. The summed E-state index contributed by atoms with van der Waals surface area (Å²) in [6.45, 7) is 0. The van der Waals surface area contributed by atoms with E-state index in [4.69, 9.17) is 0 Å². The Bertz CT molecular complexity index is 397. The maximum Gasteiger partial charge on any atom is 0.0526 e. The first-order chi connectivity index (χ1) is 6.93. The molecule has 0 fully saturated rings. The summed E-state index contributed by atoms with van der Waals surface area (Å²) in [6, 6.07) is 16.8. The Kier molecular flexibility index (Phi) is 3.93. The second kappa shape index (κ2) is 5.04. The number of hydrogen-bond acceptors (Lipinski definition) is 2. The van der Waals surface area contributed by atoms with Crippen LogP contribution in [0.4, 0.5) is 11.4 Å². The van der Waals surface area contributed by atoms with Crippen LogP contribution < -0.4 is 5.32 Å². The summed E-state index contributed by atoms with van der Waals surface area (Å²) in [5.74, 6) is 0. The Morgan fingerprint density at radius 2 is 1.20 bits per heavy atom. The molecule has 1 aliphatic rings. The van der Waals surface area contributed by atoms with E-state index in [1.807, 2.05) is 11.8 Å². The van der Waals surface area contributed by atoms with Gasteiger partial charge in [0.2, 0.25) is 0 Å². The van der Waals surface area contributed by atoms with Gasteiger partial charge in [0.25, 0.3) is 0 Å². The predicted molar refractivity (Wildman–Crippen MR) is 66.0 cm³/mol. The van der Waals surface area contributed by atoms with Crippen LogP contribution >= 0.6 is 11.8 Å². The molecule has 0 spiro atoms. The third-order valence-corrected chi connectivity index (χ3v) is 3.42. The molecule has 3 heteroatoms. The molecule has 0 amide bonds. The van der Waals surface area contributed by atoms with E-state index in [1.54, 1.807) is 0 Å². The van der Waals surface area contributed by atoms with E-state index in [9.17, 15) is 0 Å². The fourth-order valence-electron chi connectivity index (χ4n) is 1.58. The molecule has 0 aromatic heterocycles. The topological polar surface area (TPSA) is 12.0 Å². The zero-order chi connectivity index (χ0) is 9.38. The molecule has 0 saturated heterocycles. The molecule has 1 radical (unpaired) electrons. The largest absolute Gasteiger partial charge is 0.354 e. The van der Waals surface area contributed by atoms with Crippen molar-refractivity contribution in [1.29, 1.82) is 0 Å². The Labute approximate surface area is 136 Å². The number of benzene rings is 2. The zero-order valence-corrected chi connectivity index (χ0v) is 12.5. The van der Waals surface area contributed by atoms with Gasteiger partial charge in [0, 0.05) is 61.2 Å². The Hall–Kier alpha value is 0.226. The maximum absolute atomic E-state index is 3.42. The fourth-order valence-corrected chi connectivity index (χ4v) is 2.57. The molecule has 1 aliphatic heterocycles. The van der Waals surface area contributed by atoms with E-state index in [2.05, 4.69) is 53.8 Å². The number of rotatable bonds is 0. The van der Waals surface area contributed by atoms with E-state index >= 15 is 0 Å². The van der Waals surface area contributed by atoms with Crippen molar-refractivity contribution in [2.24, 2.45) is 0 Å². The monoisotopic (exact) mass is 238 g/mol. The van der Waals surface area contributed by atoms with E-state index in [-0.39, 0.29) is 51.4 Å². The van der Waals surface area contributed by atoms with Crippen LogP contribution in [0.3, 0.4) is 0 Å². The second-order valence-electron chi connectivity index (χ2n) is 3.22. The molecule has 1 nitrogen and oxygen atoms in total. The van der Waals surface area contributed by atoms with Gasteiger partial charge in [-0.05, 0) is 24.3 Å². The van der Waals surface area contributed by atoms with E-state index in [0.29, 0.717) is 0 Å². The molecule has 69 valence electrons. The van der Waals surface area contributed by atoms with Crippen molar-refractivity contribution in [3.63, 3.8) is 0 Å². The molecule has 3 rings (SSSR count). The van der Waals surface area contributed by atoms with Gasteiger partial charge in [-0.15, -0.1) is 0 Å². The molecule has 0 aliphatic carbocycles. The summed E-state index contributed by atoms with van der Waals surface area (Å²) in [7, 11) is 0. The van der Waals surface area contributed by atoms with Gasteiger partial charge in [0.1, 0.15) is 0 Å². The van der Waals surface area contributed by atoms with Gasteiger partial charge < -0.3 is 5.32 Å². The van der Waals surface area contributed by atoms with Gasteiger partial charge in [0.05, 0.1) is 11.4 Å². The molecule has 0 unspecified atom stereocenters. The van der Waals surface area contributed by atoms with Crippen molar-refractivity contribution >= 4 is 74.5 Å². The standard InChI is InChI=1S/C12H9NS.K/c1-3-7-11-9(5-1)13-10-6-2-4-8-12(10)14-11;/h1-8,13H;. The van der Waals surface area contributed by atoms with Gasteiger partial charge >= 0.3 is 0 Å². The first-order valence-electron chi connectivity index (χ1n) is 4.56. The SMILES string of the molecule is [K].c1ccc2c(c1)Nc1ccccc1S2. The van der Waals surface area contributed by atoms with Gasteiger partial charge in [-0.1, -0.05) is 36.0 Å². The van der Waals surface area contributed by atoms with Gasteiger partial charge in [0.15, 0.2) is 0 Å². The molecule has 1 heterocycles. The van der Waals surface area contributed by atoms with Crippen LogP contribution in [0.25, 0.3) is 0 Å². The Morgan fingerprint density at radius 1 is 0.733 bits per heavy atom. The van der Waals surface area contributed by atoms with Crippen molar-refractivity contribution in [2.75, 3.05) is 5.32 Å². The normalized spacial score (nSPS) is 11.7. The van der Waals surface area contributed by atoms with E-state index < -0.39 is 0 Å². The summed E-state index contributed by atoms with van der Waals surface area (Å²) in [6.07, 6.45) is 0. The van der Waals surface area contributed by atoms with Gasteiger partial charge in [-0.2, -0.15) is 0 Å². The van der Waals surface area contributed by atoms with Gasteiger partial charge in [-0.3, -0.25) is 0 Å². The van der Waals surface area contributed by atoms with E-state index in [0.717, 1.165) is 0 Å². The minimum Gasteiger partial charge on any atom is -0.354 e. The van der Waals surface area contributed by atoms with Crippen LogP contribution in [0, 0.1) is 0 Å². The third kappa shape index (κ3) is 2.33. The molecule has 0 saturated carbocycles. The van der Waals surface area contributed by atoms with Gasteiger partial charge in [-0.25, -0.2) is 0 Å². The average Bonchev–Trinajstić information content (AvgIpc) is 2.26. The first kappa shape index (κ1) is 11.7. The third-order valence-electron chi connectivity index (χ3n) is 2.26. The van der Waals surface area contributed by atoms with Crippen LogP contribution in [0.2, 0.25) is 0 Å². The van der Waals surface area contributed by atoms with E-state index in [1.165, 1.54) is 21.2 Å².